The third-order valence-electron chi connectivity index (χ3n) is 4.36. The van der Waals surface area contributed by atoms with Crippen molar-refractivity contribution in [2.24, 2.45) is 0 Å². The number of benzene rings is 2. The Morgan fingerprint density at radius 2 is 2.00 bits per heavy atom. The van der Waals surface area contributed by atoms with Crippen molar-refractivity contribution in [2.75, 3.05) is 6.61 Å². The maximum Gasteiger partial charge on any atom is 0.0588 e. The van der Waals surface area contributed by atoms with Crippen LogP contribution in [0.1, 0.15) is 34.7 Å². The molecule has 0 aliphatic heterocycles. The topological polar surface area (TPSA) is 32.3 Å². The van der Waals surface area contributed by atoms with Gasteiger partial charge < -0.3 is 10.4 Å². The smallest absolute Gasteiger partial charge is 0.0588 e. The maximum absolute atomic E-state index is 9.69. The first-order valence-electron chi connectivity index (χ1n) is 7.76. The lowest BCUT2D eigenvalue weighted by Gasteiger charge is -2.22. The van der Waals surface area contributed by atoms with Crippen molar-refractivity contribution in [3.8, 4) is 0 Å². The Bertz CT molecular complexity index is 594. The molecule has 21 heavy (non-hydrogen) atoms. The third kappa shape index (κ3) is 3.34. The predicted octanol–water partition coefficient (Wildman–Crippen LogP) is 3.18. The van der Waals surface area contributed by atoms with Crippen molar-refractivity contribution in [3.63, 3.8) is 0 Å². The van der Waals surface area contributed by atoms with E-state index in [4.69, 9.17) is 0 Å². The second-order valence-electron chi connectivity index (χ2n) is 6.03. The van der Waals surface area contributed by atoms with Gasteiger partial charge in [0, 0.05) is 12.1 Å². The van der Waals surface area contributed by atoms with Gasteiger partial charge >= 0.3 is 0 Å². The zero-order valence-corrected chi connectivity index (χ0v) is 12.5. The highest BCUT2D eigenvalue weighted by Gasteiger charge is 2.24. The minimum atomic E-state index is 0.115. The van der Waals surface area contributed by atoms with E-state index in [1.807, 2.05) is 6.07 Å². The summed E-state index contributed by atoms with van der Waals surface area (Å²) in [5.41, 5.74) is 5.45. The largest absolute Gasteiger partial charge is 0.395 e. The molecule has 0 bridgehead atoms. The van der Waals surface area contributed by atoms with E-state index in [1.54, 1.807) is 0 Å². The Morgan fingerprint density at radius 3 is 2.76 bits per heavy atom. The molecule has 2 aromatic carbocycles. The van der Waals surface area contributed by atoms with E-state index < -0.39 is 0 Å². The Balaban J connectivity index is 1.70. The molecule has 0 fully saturated rings. The molecule has 2 heteroatoms. The van der Waals surface area contributed by atoms with Crippen molar-refractivity contribution in [2.45, 2.75) is 38.3 Å². The summed E-state index contributed by atoms with van der Waals surface area (Å²) in [7, 11) is 0. The van der Waals surface area contributed by atoms with Gasteiger partial charge in [0.15, 0.2) is 0 Å². The summed E-state index contributed by atoms with van der Waals surface area (Å²) in [5.74, 6) is 0. The Labute approximate surface area is 126 Å². The fourth-order valence-electron chi connectivity index (χ4n) is 3.25. The van der Waals surface area contributed by atoms with Gasteiger partial charge in [-0.15, -0.1) is 0 Å². The lowest BCUT2D eigenvalue weighted by atomic mass is 10.0. The van der Waals surface area contributed by atoms with Crippen LogP contribution in [0.3, 0.4) is 0 Å². The molecular weight excluding hydrogens is 258 g/mol. The SMILES string of the molecule is Cc1ccc2c(c1)C(N[C@H](CO)Cc1ccccc1)CC2. The van der Waals surface area contributed by atoms with Crippen molar-refractivity contribution in [1.82, 2.24) is 5.32 Å². The summed E-state index contributed by atoms with van der Waals surface area (Å²) in [6.07, 6.45) is 3.13. The van der Waals surface area contributed by atoms with E-state index in [1.165, 1.54) is 22.3 Å². The van der Waals surface area contributed by atoms with Gasteiger partial charge in [-0.25, -0.2) is 0 Å². The molecule has 0 aromatic heterocycles. The predicted molar refractivity (Wildman–Crippen MR) is 86.4 cm³/mol. The minimum absolute atomic E-state index is 0.115. The lowest BCUT2D eigenvalue weighted by Crippen LogP contribution is -2.36. The molecule has 0 amide bonds. The van der Waals surface area contributed by atoms with Crippen LogP contribution in [0.2, 0.25) is 0 Å². The van der Waals surface area contributed by atoms with Gasteiger partial charge in [-0.05, 0) is 42.9 Å². The second kappa shape index (κ2) is 6.42. The van der Waals surface area contributed by atoms with Crippen LogP contribution in [0.15, 0.2) is 48.5 Å². The van der Waals surface area contributed by atoms with Crippen molar-refractivity contribution in [3.05, 3.63) is 70.8 Å². The molecule has 0 saturated heterocycles. The molecule has 1 unspecified atom stereocenters. The van der Waals surface area contributed by atoms with Gasteiger partial charge in [0.1, 0.15) is 0 Å². The Kier molecular flexibility index (Phi) is 4.37. The monoisotopic (exact) mass is 281 g/mol. The first-order valence-corrected chi connectivity index (χ1v) is 7.76. The van der Waals surface area contributed by atoms with Gasteiger partial charge in [0.05, 0.1) is 6.61 Å². The van der Waals surface area contributed by atoms with E-state index in [9.17, 15) is 5.11 Å². The lowest BCUT2D eigenvalue weighted by molar-refractivity contribution is 0.230. The van der Waals surface area contributed by atoms with Crippen LogP contribution in [0.4, 0.5) is 0 Å². The van der Waals surface area contributed by atoms with Crippen LogP contribution in [0.5, 0.6) is 0 Å². The zero-order chi connectivity index (χ0) is 14.7. The second-order valence-corrected chi connectivity index (χ2v) is 6.03. The number of aliphatic hydroxyl groups excluding tert-OH is 1. The molecular formula is C19H23NO. The van der Waals surface area contributed by atoms with E-state index >= 15 is 0 Å². The van der Waals surface area contributed by atoms with Crippen LogP contribution in [0.25, 0.3) is 0 Å². The van der Waals surface area contributed by atoms with Gasteiger partial charge in [-0.2, -0.15) is 0 Å². The number of aliphatic hydroxyl groups is 1. The molecule has 1 aliphatic carbocycles. The zero-order valence-electron chi connectivity index (χ0n) is 12.5. The molecule has 2 N–H and O–H groups in total. The average Bonchev–Trinajstić information content (AvgIpc) is 2.90. The quantitative estimate of drug-likeness (QED) is 0.882. The van der Waals surface area contributed by atoms with E-state index in [2.05, 4.69) is 54.7 Å². The molecule has 3 rings (SSSR count). The molecule has 0 spiro atoms. The minimum Gasteiger partial charge on any atom is -0.395 e. The summed E-state index contributed by atoms with van der Waals surface area (Å²) in [6.45, 7) is 2.32. The van der Waals surface area contributed by atoms with Gasteiger partial charge in [0.2, 0.25) is 0 Å². The van der Waals surface area contributed by atoms with E-state index in [-0.39, 0.29) is 12.6 Å². The summed E-state index contributed by atoms with van der Waals surface area (Å²) in [6, 6.07) is 17.6. The highest BCUT2D eigenvalue weighted by Crippen LogP contribution is 2.32. The summed E-state index contributed by atoms with van der Waals surface area (Å²) < 4.78 is 0. The molecule has 2 atom stereocenters. The summed E-state index contributed by atoms with van der Waals surface area (Å²) in [4.78, 5) is 0. The average molecular weight is 281 g/mol. The fraction of sp³-hybridized carbons (Fsp3) is 0.368. The number of fused-ring (bicyclic) bond motifs is 1. The van der Waals surface area contributed by atoms with Crippen molar-refractivity contribution < 1.29 is 5.11 Å². The first kappa shape index (κ1) is 14.3. The maximum atomic E-state index is 9.69. The van der Waals surface area contributed by atoms with E-state index in [0.717, 1.165) is 19.3 Å². The number of hydrogen-bond acceptors (Lipinski definition) is 2. The number of aryl methyl sites for hydroxylation is 2. The molecule has 2 nitrogen and oxygen atoms in total. The Morgan fingerprint density at radius 1 is 1.19 bits per heavy atom. The van der Waals surface area contributed by atoms with Crippen LogP contribution < -0.4 is 5.32 Å². The van der Waals surface area contributed by atoms with E-state index in [0.29, 0.717) is 6.04 Å². The molecule has 1 aliphatic rings. The number of hydrogen-bond donors (Lipinski definition) is 2. The van der Waals surface area contributed by atoms with Crippen LogP contribution in [-0.4, -0.2) is 17.8 Å². The number of rotatable bonds is 5. The third-order valence-corrected chi connectivity index (χ3v) is 4.36. The van der Waals surface area contributed by atoms with Gasteiger partial charge in [-0.3, -0.25) is 0 Å². The Hall–Kier alpha value is -1.64. The molecule has 0 radical (unpaired) electrons. The fourth-order valence-corrected chi connectivity index (χ4v) is 3.25. The molecule has 0 heterocycles. The summed E-state index contributed by atoms with van der Waals surface area (Å²) in [5, 5.41) is 13.3. The van der Waals surface area contributed by atoms with Crippen molar-refractivity contribution >= 4 is 0 Å². The molecule has 110 valence electrons. The van der Waals surface area contributed by atoms with Gasteiger partial charge in [-0.1, -0.05) is 54.1 Å². The highest BCUT2D eigenvalue weighted by atomic mass is 16.3. The van der Waals surface area contributed by atoms with Crippen molar-refractivity contribution in [1.29, 1.82) is 0 Å². The standard InChI is InChI=1S/C19H23NO/c1-14-7-8-16-9-10-19(18(16)11-14)20-17(13-21)12-15-5-3-2-4-6-15/h2-8,11,17,19-21H,9-10,12-13H2,1H3/t17-,19?/m0/s1. The normalized spacial score (nSPS) is 18.5. The summed E-state index contributed by atoms with van der Waals surface area (Å²) >= 11 is 0. The number of nitrogens with one attached hydrogen (secondary N) is 1. The molecule has 2 aromatic rings. The molecule has 0 saturated carbocycles. The first-order chi connectivity index (χ1) is 10.3. The highest BCUT2D eigenvalue weighted by molar-refractivity contribution is 5.37. The van der Waals surface area contributed by atoms with Crippen LogP contribution >= 0.6 is 0 Å². The van der Waals surface area contributed by atoms with Gasteiger partial charge in [0.25, 0.3) is 0 Å². The van der Waals surface area contributed by atoms with Crippen LogP contribution in [-0.2, 0) is 12.8 Å². The van der Waals surface area contributed by atoms with Crippen LogP contribution in [0, 0.1) is 6.92 Å².